The molecule has 0 amide bonds. The molecule has 4 nitrogen and oxygen atoms in total. The molecule has 1 atom stereocenters. The van der Waals surface area contributed by atoms with Crippen LogP contribution >= 0.6 is 0 Å². The quantitative estimate of drug-likeness (QED) is 0.532. The summed E-state index contributed by atoms with van der Waals surface area (Å²) in [6, 6.07) is 0. The first-order chi connectivity index (χ1) is 6.85. The second-order valence-electron chi connectivity index (χ2n) is 3.32. The fraction of sp³-hybridized carbons (Fsp3) is 1.00. The zero-order valence-corrected chi connectivity index (χ0v) is 9.33. The predicted octanol–water partition coefficient (Wildman–Crippen LogP) is 0.651. The average molecular weight is 205 g/mol. The molecule has 0 aliphatic carbocycles. The molecule has 0 aliphatic rings. The van der Waals surface area contributed by atoms with Crippen LogP contribution in [0.25, 0.3) is 0 Å². The highest BCUT2D eigenvalue weighted by molar-refractivity contribution is 4.56. The minimum atomic E-state index is 0.428. The molecule has 0 heterocycles. The molecule has 0 spiro atoms. The number of rotatable bonds is 10. The summed E-state index contributed by atoms with van der Waals surface area (Å²) in [4.78, 5) is 0. The zero-order valence-electron chi connectivity index (χ0n) is 9.33. The first-order valence-electron chi connectivity index (χ1n) is 5.10. The van der Waals surface area contributed by atoms with Gasteiger partial charge in [0.05, 0.1) is 13.2 Å². The first-order valence-corrected chi connectivity index (χ1v) is 5.10. The highest BCUT2D eigenvalue weighted by atomic mass is 16.5. The largest absolute Gasteiger partial charge is 0.385 e. The Balaban J connectivity index is 3.40. The maximum absolute atomic E-state index is 5.47. The van der Waals surface area contributed by atoms with Crippen LogP contribution in [-0.4, -0.2) is 47.2 Å². The fourth-order valence-electron chi connectivity index (χ4n) is 1.17. The van der Waals surface area contributed by atoms with Gasteiger partial charge in [-0.05, 0) is 19.4 Å². The van der Waals surface area contributed by atoms with Crippen LogP contribution in [0.1, 0.15) is 12.8 Å². The van der Waals surface area contributed by atoms with Crippen molar-refractivity contribution in [1.82, 2.24) is 0 Å². The fourth-order valence-corrected chi connectivity index (χ4v) is 1.17. The Labute approximate surface area is 86.7 Å². The van der Waals surface area contributed by atoms with Crippen molar-refractivity contribution in [1.29, 1.82) is 0 Å². The van der Waals surface area contributed by atoms with Gasteiger partial charge in [-0.15, -0.1) is 0 Å². The molecule has 86 valence electrons. The highest BCUT2D eigenvalue weighted by Crippen LogP contribution is 2.04. The van der Waals surface area contributed by atoms with Crippen LogP contribution in [0.4, 0.5) is 0 Å². The number of nitrogens with two attached hydrogens (primary N) is 1. The van der Waals surface area contributed by atoms with Crippen molar-refractivity contribution in [2.24, 2.45) is 11.7 Å². The lowest BCUT2D eigenvalue weighted by molar-refractivity contribution is 0.0416. The van der Waals surface area contributed by atoms with Crippen molar-refractivity contribution in [3.63, 3.8) is 0 Å². The Morgan fingerprint density at radius 1 is 1.07 bits per heavy atom. The normalized spacial score (nSPS) is 13.1. The molecule has 0 rings (SSSR count). The number of methoxy groups -OCH3 is 2. The van der Waals surface area contributed by atoms with Crippen molar-refractivity contribution >= 4 is 0 Å². The molecular weight excluding hydrogens is 182 g/mol. The van der Waals surface area contributed by atoms with Crippen molar-refractivity contribution in [3.05, 3.63) is 0 Å². The molecule has 0 saturated carbocycles. The van der Waals surface area contributed by atoms with Gasteiger partial charge < -0.3 is 19.9 Å². The number of ether oxygens (including phenoxy) is 3. The third kappa shape index (κ3) is 8.44. The van der Waals surface area contributed by atoms with Crippen LogP contribution in [0.5, 0.6) is 0 Å². The molecule has 0 aromatic heterocycles. The van der Waals surface area contributed by atoms with Crippen molar-refractivity contribution < 1.29 is 14.2 Å². The Morgan fingerprint density at radius 2 is 1.86 bits per heavy atom. The van der Waals surface area contributed by atoms with Crippen LogP contribution < -0.4 is 5.73 Å². The summed E-state index contributed by atoms with van der Waals surface area (Å²) in [5, 5.41) is 0. The van der Waals surface area contributed by atoms with Gasteiger partial charge in [0.15, 0.2) is 0 Å². The molecule has 0 saturated heterocycles. The molecule has 0 fully saturated rings. The Hall–Kier alpha value is -0.160. The van der Waals surface area contributed by atoms with Gasteiger partial charge in [0.2, 0.25) is 0 Å². The Bertz CT molecular complexity index is 112. The van der Waals surface area contributed by atoms with Crippen molar-refractivity contribution in [2.75, 3.05) is 47.2 Å². The molecule has 0 radical (unpaired) electrons. The highest BCUT2D eigenvalue weighted by Gasteiger charge is 2.08. The van der Waals surface area contributed by atoms with Gasteiger partial charge in [0.25, 0.3) is 0 Å². The van der Waals surface area contributed by atoms with Gasteiger partial charge in [-0.3, -0.25) is 0 Å². The number of hydrogen-bond acceptors (Lipinski definition) is 4. The van der Waals surface area contributed by atoms with E-state index in [4.69, 9.17) is 19.9 Å². The van der Waals surface area contributed by atoms with E-state index in [0.717, 1.165) is 39.3 Å². The van der Waals surface area contributed by atoms with Crippen molar-refractivity contribution in [3.8, 4) is 0 Å². The van der Waals surface area contributed by atoms with E-state index in [0.29, 0.717) is 12.5 Å². The van der Waals surface area contributed by atoms with E-state index < -0.39 is 0 Å². The minimum absolute atomic E-state index is 0.428. The molecule has 0 aromatic carbocycles. The first kappa shape index (κ1) is 13.8. The third-order valence-corrected chi connectivity index (χ3v) is 1.98. The molecule has 4 heteroatoms. The standard InChI is InChI=1S/C10H23NO3/c1-12-7-4-10(8-13-2)9-14-6-3-5-11/h10H,3-9,11H2,1-2H3. The van der Waals surface area contributed by atoms with Crippen LogP contribution in [0, 0.1) is 5.92 Å². The summed E-state index contributed by atoms with van der Waals surface area (Å²) in [5.74, 6) is 0.428. The molecule has 0 aliphatic heterocycles. The summed E-state index contributed by atoms with van der Waals surface area (Å²) in [6.07, 6.45) is 1.90. The van der Waals surface area contributed by atoms with E-state index in [9.17, 15) is 0 Å². The number of hydrogen-bond donors (Lipinski definition) is 1. The van der Waals surface area contributed by atoms with E-state index in [1.807, 2.05) is 0 Å². The van der Waals surface area contributed by atoms with E-state index in [1.54, 1.807) is 14.2 Å². The summed E-state index contributed by atoms with van der Waals surface area (Å²) < 4.78 is 15.6. The molecule has 0 bridgehead atoms. The lowest BCUT2D eigenvalue weighted by atomic mass is 10.1. The molecule has 2 N–H and O–H groups in total. The summed E-state index contributed by atoms with van der Waals surface area (Å²) in [7, 11) is 3.42. The molecule has 0 aromatic rings. The molecular formula is C10H23NO3. The Morgan fingerprint density at radius 3 is 2.43 bits per heavy atom. The van der Waals surface area contributed by atoms with Gasteiger partial charge in [0, 0.05) is 33.4 Å². The summed E-state index contributed by atoms with van der Waals surface area (Å²) in [6.45, 7) is 3.65. The predicted molar refractivity (Wildman–Crippen MR) is 56.3 cm³/mol. The van der Waals surface area contributed by atoms with E-state index in [1.165, 1.54) is 0 Å². The Kier molecular flexibility index (Phi) is 10.8. The second-order valence-corrected chi connectivity index (χ2v) is 3.32. The van der Waals surface area contributed by atoms with Crippen molar-refractivity contribution in [2.45, 2.75) is 12.8 Å². The van der Waals surface area contributed by atoms with Crippen LogP contribution in [0.3, 0.4) is 0 Å². The van der Waals surface area contributed by atoms with E-state index >= 15 is 0 Å². The second kappa shape index (κ2) is 10.9. The zero-order chi connectivity index (χ0) is 10.6. The minimum Gasteiger partial charge on any atom is -0.385 e. The van der Waals surface area contributed by atoms with Gasteiger partial charge in [-0.2, -0.15) is 0 Å². The van der Waals surface area contributed by atoms with Gasteiger partial charge in [-0.1, -0.05) is 0 Å². The maximum atomic E-state index is 5.47. The smallest absolute Gasteiger partial charge is 0.0517 e. The lowest BCUT2D eigenvalue weighted by Gasteiger charge is -2.15. The lowest BCUT2D eigenvalue weighted by Crippen LogP contribution is -2.18. The SMILES string of the molecule is COCCC(COC)COCCCN. The summed E-state index contributed by atoms with van der Waals surface area (Å²) in [5.41, 5.74) is 5.36. The van der Waals surface area contributed by atoms with Crippen LogP contribution in [-0.2, 0) is 14.2 Å². The van der Waals surface area contributed by atoms with Crippen LogP contribution in [0.15, 0.2) is 0 Å². The van der Waals surface area contributed by atoms with Gasteiger partial charge >= 0.3 is 0 Å². The molecule has 14 heavy (non-hydrogen) atoms. The van der Waals surface area contributed by atoms with E-state index in [-0.39, 0.29) is 0 Å². The van der Waals surface area contributed by atoms with Crippen LogP contribution in [0.2, 0.25) is 0 Å². The van der Waals surface area contributed by atoms with Gasteiger partial charge in [0.1, 0.15) is 0 Å². The van der Waals surface area contributed by atoms with Gasteiger partial charge in [-0.25, -0.2) is 0 Å². The molecule has 1 unspecified atom stereocenters. The monoisotopic (exact) mass is 205 g/mol. The average Bonchev–Trinajstić information content (AvgIpc) is 2.20. The van der Waals surface area contributed by atoms with E-state index in [2.05, 4.69) is 0 Å². The third-order valence-electron chi connectivity index (χ3n) is 1.98. The summed E-state index contributed by atoms with van der Waals surface area (Å²) >= 11 is 0. The topological polar surface area (TPSA) is 53.7 Å². The maximum Gasteiger partial charge on any atom is 0.0517 e.